The maximum atomic E-state index is 11.9. The quantitative estimate of drug-likeness (QED) is 0.708. The lowest BCUT2D eigenvalue weighted by Crippen LogP contribution is -2.33. The summed E-state index contributed by atoms with van der Waals surface area (Å²) in [7, 11) is 0. The third kappa shape index (κ3) is 5.68. The number of nitrogens with zero attached hydrogens (tertiary/aromatic N) is 2. The molecule has 5 nitrogen and oxygen atoms in total. The van der Waals surface area contributed by atoms with Crippen molar-refractivity contribution in [3.8, 4) is 0 Å². The van der Waals surface area contributed by atoms with Gasteiger partial charge in [-0.25, -0.2) is 0 Å². The van der Waals surface area contributed by atoms with E-state index in [0.717, 1.165) is 19.4 Å². The predicted molar refractivity (Wildman–Crippen MR) is 77.3 cm³/mol. The van der Waals surface area contributed by atoms with E-state index >= 15 is 0 Å². The fourth-order valence-corrected chi connectivity index (χ4v) is 1.80. The molecule has 0 aliphatic heterocycles. The van der Waals surface area contributed by atoms with Crippen LogP contribution in [0.5, 0.6) is 0 Å². The average molecular weight is 264 g/mol. The van der Waals surface area contributed by atoms with E-state index in [1.54, 1.807) is 12.1 Å². The fraction of sp³-hybridized carbons (Fsp3) is 0.643. The van der Waals surface area contributed by atoms with Crippen LogP contribution in [0.1, 0.15) is 56.9 Å². The highest BCUT2D eigenvalue weighted by Crippen LogP contribution is 2.05. The molecule has 1 rings (SSSR count). The Morgan fingerprint density at radius 1 is 1.26 bits per heavy atom. The summed E-state index contributed by atoms with van der Waals surface area (Å²) >= 11 is 0. The zero-order valence-electron chi connectivity index (χ0n) is 12.1. The number of rotatable bonds is 8. The SMILES string of the molecule is CCCCCC(C)NC(=O)c1ccc(NCC)nn1. The van der Waals surface area contributed by atoms with Gasteiger partial charge in [0, 0.05) is 12.6 Å². The van der Waals surface area contributed by atoms with E-state index in [0.29, 0.717) is 11.5 Å². The van der Waals surface area contributed by atoms with Crippen molar-refractivity contribution in [2.45, 2.75) is 52.5 Å². The van der Waals surface area contributed by atoms with Crippen LogP contribution in [-0.4, -0.2) is 28.7 Å². The van der Waals surface area contributed by atoms with Gasteiger partial charge in [-0.2, -0.15) is 0 Å². The summed E-state index contributed by atoms with van der Waals surface area (Å²) in [5, 5.41) is 13.9. The minimum atomic E-state index is -0.153. The van der Waals surface area contributed by atoms with E-state index < -0.39 is 0 Å². The molecule has 0 saturated heterocycles. The molecule has 0 aliphatic carbocycles. The van der Waals surface area contributed by atoms with Crippen molar-refractivity contribution in [1.29, 1.82) is 0 Å². The van der Waals surface area contributed by atoms with Gasteiger partial charge in [0.25, 0.3) is 5.91 Å². The second-order valence-corrected chi connectivity index (χ2v) is 4.70. The van der Waals surface area contributed by atoms with Crippen molar-refractivity contribution in [2.75, 3.05) is 11.9 Å². The lowest BCUT2D eigenvalue weighted by molar-refractivity contribution is 0.0932. The number of hydrogen-bond acceptors (Lipinski definition) is 4. The normalized spacial score (nSPS) is 11.9. The van der Waals surface area contributed by atoms with Crippen LogP contribution < -0.4 is 10.6 Å². The summed E-state index contributed by atoms with van der Waals surface area (Å²) in [5.74, 6) is 0.537. The first-order valence-electron chi connectivity index (χ1n) is 7.05. The van der Waals surface area contributed by atoms with Crippen LogP contribution in [-0.2, 0) is 0 Å². The second kappa shape index (κ2) is 8.45. The van der Waals surface area contributed by atoms with Gasteiger partial charge in [0.2, 0.25) is 0 Å². The van der Waals surface area contributed by atoms with Crippen LogP contribution >= 0.6 is 0 Å². The number of nitrogens with one attached hydrogen (secondary N) is 2. The highest BCUT2D eigenvalue weighted by molar-refractivity contribution is 5.92. The van der Waals surface area contributed by atoms with Crippen molar-refractivity contribution >= 4 is 11.7 Å². The molecular formula is C14H24N4O. The molecule has 5 heteroatoms. The van der Waals surface area contributed by atoms with Crippen molar-refractivity contribution in [1.82, 2.24) is 15.5 Å². The van der Waals surface area contributed by atoms with Crippen LogP contribution in [0.4, 0.5) is 5.82 Å². The first kappa shape index (κ1) is 15.4. The van der Waals surface area contributed by atoms with Crippen molar-refractivity contribution in [2.24, 2.45) is 0 Å². The maximum absolute atomic E-state index is 11.9. The van der Waals surface area contributed by atoms with E-state index in [9.17, 15) is 4.79 Å². The molecule has 0 spiro atoms. The molecule has 0 radical (unpaired) electrons. The molecule has 1 amide bonds. The summed E-state index contributed by atoms with van der Waals surface area (Å²) in [6, 6.07) is 3.64. The highest BCUT2D eigenvalue weighted by Gasteiger charge is 2.11. The van der Waals surface area contributed by atoms with Crippen LogP contribution in [0.3, 0.4) is 0 Å². The Labute approximate surface area is 115 Å². The Balaban J connectivity index is 2.44. The van der Waals surface area contributed by atoms with Gasteiger partial charge in [0.05, 0.1) is 0 Å². The van der Waals surface area contributed by atoms with Gasteiger partial charge in [-0.05, 0) is 32.4 Å². The van der Waals surface area contributed by atoms with Crippen molar-refractivity contribution in [3.05, 3.63) is 17.8 Å². The third-order valence-electron chi connectivity index (χ3n) is 2.87. The summed E-state index contributed by atoms with van der Waals surface area (Å²) in [5.41, 5.74) is 0.365. The Kier molecular flexibility index (Phi) is 6.85. The summed E-state index contributed by atoms with van der Waals surface area (Å²) in [4.78, 5) is 11.9. The van der Waals surface area contributed by atoms with E-state index in [2.05, 4.69) is 27.8 Å². The molecule has 0 aromatic carbocycles. The molecule has 1 aromatic rings. The number of anilines is 1. The summed E-state index contributed by atoms with van der Waals surface area (Å²) in [6.45, 7) is 6.97. The number of aromatic nitrogens is 2. The largest absolute Gasteiger partial charge is 0.369 e. The lowest BCUT2D eigenvalue weighted by atomic mass is 10.1. The molecule has 0 fully saturated rings. The molecule has 0 aliphatic rings. The zero-order chi connectivity index (χ0) is 14.1. The number of unbranched alkanes of at least 4 members (excludes halogenated alkanes) is 2. The number of carbonyl (C=O) groups is 1. The van der Waals surface area contributed by atoms with Gasteiger partial charge in [0.15, 0.2) is 5.69 Å². The number of amides is 1. The van der Waals surface area contributed by atoms with Crippen LogP contribution in [0, 0.1) is 0 Å². The van der Waals surface area contributed by atoms with Crippen LogP contribution in [0.2, 0.25) is 0 Å². The summed E-state index contributed by atoms with van der Waals surface area (Å²) < 4.78 is 0. The average Bonchev–Trinajstić information content (AvgIpc) is 2.40. The second-order valence-electron chi connectivity index (χ2n) is 4.70. The molecule has 1 atom stereocenters. The molecule has 106 valence electrons. The Hall–Kier alpha value is -1.65. The van der Waals surface area contributed by atoms with Gasteiger partial charge >= 0.3 is 0 Å². The van der Waals surface area contributed by atoms with Crippen molar-refractivity contribution < 1.29 is 4.79 Å². The molecule has 1 aromatic heterocycles. The van der Waals surface area contributed by atoms with Gasteiger partial charge in [-0.3, -0.25) is 4.79 Å². The molecule has 0 bridgehead atoms. The smallest absolute Gasteiger partial charge is 0.272 e. The van der Waals surface area contributed by atoms with E-state index in [1.165, 1.54) is 12.8 Å². The number of hydrogen-bond donors (Lipinski definition) is 2. The molecule has 2 N–H and O–H groups in total. The topological polar surface area (TPSA) is 66.9 Å². The fourth-order valence-electron chi connectivity index (χ4n) is 1.80. The van der Waals surface area contributed by atoms with Crippen LogP contribution in [0.15, 0.2) is 12.1 Å². The van der Waals surface area contributed by atoms with E-state index in [-0.39, 0.29) is 11.9 Å². The first-order valence-corrected chi connectivity index (χ1v) is 7.05. The van der Waals surface area contributed by atoms with Gasteiger partial charge in [0.1, 0.15) is 5.82 Å². The molecule has 19 heavy (non-hydrogen) atoms. The molecular weight excluding hydrogens is 240 g/mol. The lowest BCUT2D eigenvalue weighted by Gasteiger charge is -2.13. The Morgan fingerprint density at radius 2 is 2.05 bits per heavy atom. The Bertz CT molecular complexity index is 378. The van der Waals surface area contributed by atoms with E-state index in [1.807, 2.05) is 13.8 Å². The first-order chi connectivity index (χ1) is 9.17. The highest BCUT2D eigenvalue weighted by atomic mass is 16.2. The summed E-state index contributed by atoms with van der Waals surface area (Å²) in [6.07, 6.45) is 4.54. The standard InChI is InChI=1S/C14H24N4O/c1-4-6-7-8-11(3)16-14(19)12-9-10-13(15-5-2)18-17-12/h9-11H,4-8H2,1-3H3,(H,15,18)(H,16,19). The molecule has 0 saturated carbocycles. The third-order valence-corrected chi connectivity index (χ3v) is 2.87. The minimum absolute atomic E-state index is 0.153. The van der Waals surface area contributed by atoms with Crippen LogP contribution in [0.25, 0.3) is 0 Å². The zero-order valence-corrected chi connectivity index (χ0v) is 12.1. The minimum Gasteiger partial charge on any atom is -0.369 e. The monoisotopic (exact) mass is 264 g/mol. The maximum Gasteiger partial charge on any atom is 0.272 e. The predicted octanol–water partition coefficient (Wildman–Crippen LogP) is 2.61. The van der Waals surface area contributed by atoms with Gasteiger partial charge in [-0.15, -0.1) is 10.2 Å². The number of carbonyl (C=O) groups excluding carboxylic acids is 1. The molecule has 1 heterocycles. The van der Waals surface area contributed by atoms with Gasteiger partial charge in [-0.1, -0.05) is 26.2 Å². The Morgan fingerprint density at radius 3 is 2.63 bits per heavy atom. The molecule has 1 unspecified atom stereocenters. The van der Waals surface area contributed by atoms with Gasteiger partial charge < -0.3 is 10.6 Å². The van der Waals surface area contributed by atoms with Crippen molar-refractivity contribution in [3.63, 3.8) is 0 Å². The van der Waals surface area contributed by atoms with E-state index in [4.69, 9.17) is 0 Å².